The molecule has 17 heavy (non-hydrogen) atoms. The van der Waals surface area contributed by atoms with Crippen LogP contribution in [0.1, 0.15) is 31.7 Å². The zero-order valence-electron chi connectivity index (χ0n) is 10.5. The summed E-state index contributed by atoms with van der Waals surface area (Å²) in [6.07, 6.45) is 2.40. The lowest BCUT2D eigenvalue weighted by molar-refractivity contribution is 0.0595. The molecule has 1 saturated heterocycles. The predicted octanol–water partition coefficient (Wildman–Crippen LogP) is 1.49. The lowest BCUT2D eigenvalue weighted by atomic mass is 9.96. The first-order valence-electron chi connectivity index (χ1n) is 6.27. The SMILES string of the molecule is CCc1nn(CC)c(CC2(O)CCNC2)c1Br. The minimum absolute atomic E-state index is 0.611. The van der Waals surface area contributed by atoms with Crippen molar-refractivity contribution in [2.24, 2.45) is 0 Å². The van der Waals surface area contributed by atoms with E-state index in [4.69, 9.17) is 0 Å². The average Bonchev–Trinajstić information content (AvgIpc) is 2.86. The van der Waals surface area contributed by atoms with Gasteiger partial charge in [0.2, 0.25) is 0 Å². The molecule has 0 spiro atoms. The lowest BCUT2D eigenvalue weighted by Crippen LogP contribution is -2.34. The van der Waals surface area contributed by atoms with Gasteiger partial charge in [-0.25, -0.2) is 0 Å². The molecule has 1 atom stereocenters. The minimum atomic E-state index is -0.611. The molecule has 4 nitrogen and oxygen atoms in total. The van der Waals surface area contributed by atoms with Crippen LogP contribution in [0.2, 0.25) is 0 Å². The molecule has 1 aromatic heterocycles. The highest BCUT2D eigenvalue weighted by molar-refractivity contribution is 9.10. The number of nitrogens with zero attached hydrogens (tertiary/aromatic N) is 2. The van der Waals surface area contributed by atoms with E-state index >= 15 is 0 Å². The smallest absolute Gasteiger partial charge is 0.0839 e. The van der Waals surface area contributed by atoms with E-state index < -0.39 is 5.60 Å². The fourth-order valence-corrected chi connectivity index (χ4v) is 3.08. The summed E-state index contributed by atoms with van der Waals surface area (Å²) in [6, 6.07) is 0. The van der Waals surface area contributed by atoms with Crippen molar-refractivity contribution in [1.29, 1.82) is 0 Å². The molecule has 0 saturated carbocycles. The summed E-state index contributed by atoms with van der Waals surface area (Å²) < 4.78 is 3.07. The Morgan fingerprint density at radius 1 is 1.53 bits per heavy atom. The molecule has 0 radical (unpaired) electrons. The van der Waals surface area contributed by atoms with Crippen LogP contribution < -0.4 is 5.32 Å². The molecule has 2 rings (SSSR count). The number of β-amino-alcohol motifs (C(OH)–C–C–N with tert-alkyl or cyclic N) is 1. The third kappa shape index (κ3) is 2.56. The van der Waals surface area contributed by atoms with Gasteiger partial charge in [-0.1, -0.05) is 6.92 Å². The van der Waals surface area contributed by atoms with Crippen molar-refractivity contribution >= 4 is 15.9 Å². The predicted molar refractivity (Wildman–Crippen MR) is 71.1 cm³/mol. The van der Waals surface area contributed by atoms with Gasteiger partial charge in [-0.2, -0.15) is 5.10 Å². The van der Waals surface area contributed by atoms with Crippen LogP contribution >= 0.6 is 15.9 Å². The Morgan fingerprint density at radius 3 is 2.82 bits per heavy atom. The van der Waals surface area contributed by atoms with Crippen LogP contribution in [0.15, 0.2) is 4.47 Å². The highest BCUT2D eigenvalue weighted by atomic mass is 79.9. The summed E-state index contributed by atoms with van der Waals surface area (Å²) in [7, 11) is 0. The van der Waals surface area contributed by atoms with Crippen molar-refractivity contribution in [3.63, 3.8) is 0 Å². The number of halogens is 1. The van der Waals surface area contributed by atoms with Crippen LogP contribution in [0.4, 0.5) is 0 Å². The normalized spacial score (nSPS) is 24.5. The molecule has 96 valence electrons. The Morgan fingerprint density at radius 2 is 2.29 bits per heavy atom. The largest absolute Gasteiger partial charge is 0.388 e. The van der Waals surface area contributed by atoms with E-state index in [-0.39, 0.29) is 0 Å². The molecule has 1 aromatic rings. The van der Waals surface area contributed by atoms with Gasteiger partial charge in [0.15, 0.2) is 0 Å². The number of rotatable bonds is 4. The monoisotopic (exact) mass is 301 g/mol. The fourth-order valence-electron chi connectivity index (χ4n) is 2.38. The topological polar surface area (TPSA) is 50.1 Å². The van der Waals surface area contributed by atoms with Gasteiger partial charge in [0, 0.05) is 19.5 Å². The number of hydrogen-bond acceptors (Lipinski definition) is 3. The number of hydrogen-bond donors (Lipinski definition) is 2. The van der Waals surface area contributed by atoms with E-state index in [1.165, 1.54) is 0 Å². The van der Waals surface area contributed by atoms with Crippen molar-refractivity contribution in [2.75, 3.05) is 13.1 Å². The zero-order chi connectivity index (χ0) is 12.5. The molecule has 1 fully saturated rings. The van der Waals surface area contributed by atoms with E-state index in [2.05, 4.69) is 40.2 Å². The number of aliphatic hydroxyl groups is 1. The van der Waals surface area contributed by atoms with Gasteiger partial charge in [0.1, 0.15) is 0 Å². The minimum Gasteiger partial charge on any atom is -0.388 e. The average molecular weight is 302 g/mol. The fraction of sp³-hybridized carbons (Fsp3) is 0.750. The molecule has 1 aliphatic heterocycles. The van der Waals surface area contributed by atoms with Crippen LogP contribution in [0.3, 0.4) is 0 Å². The van der Waals surface area contributed by atoms with Gasteiger partial charge in [-0.3, -0.25) is 4.68 Å². The third-order valence-electron chi connectivity index (χ3n) is 3.41. The Hall–Kier alpha value is -0.390. The van der Waals surface area contributed by atoms with Gasteiger partial charge in [0.25, 0.3) is 0 Å². The summed E-state index contributed by atoms with van der Waals surface area (Å²) in [5.41, 5.74) is 1.59. The molecular formula is C12H20BrN3O. The van der Waals surface area contributed by atoms with Crippen molar-refractivity contribution in [3.05, 3.63) is 15.9 Å². The maximum Gasteiger partial charge on any atom is 0.0839 e. The highest BCUT2D eigenvalue weighted by Gasteiger charge is 2.33. The van der Waals surface area contributed by atoms with E-state index in [1.54, 1.807) is 0 Å². The summed E-state index contributed by atoms with van der Waals surface area (Å²) in [4.78, 5) is 0. The number of aryl methyl sites for hydroxylation is 2. The number of nitrogens with one attached hydrogen (secondary N) is 1. The Kier molecular flexibility index (Phi) is 3.90. The molecule has 0 amide bonds. The van der Waals surface area contributed by atoms with Crippen LogP contribution in [0.25, 0.3) is 0 Å². The second-order valence-corrected chi connectivity index (χ2v) is 5.50. The molecule has 0 bridgehead atoms. The van der Waals surface area contributed by atoms with Gasteiger partial charge in [-0.05, 0) is 42.2 Å². The van der Waals surface area contributed by atoms with Crippen LogP contribution in [-0.4, -0.2) is 33.6 Å². The Bertz CT molecular complexity index is 397. The summed E-state index contributed by atoms with van der Waals surface area (Å²) in [5, 5.41) is 18.2. The van der Waals surface area contributed by atoms with Crippen molar-refractivity contribution in [2.45, 2.75) is 45.3 Å². The molecule has 2 N–H and O–H groups in total. The summed E-state index contributed by atoms with van der Waals surface area (Å²) >= 11 is 3.62. The van der Waals surface area contributed by atoms with Crippen LogP contribution in [0, 0.1) is 0 Å². The van der Waals surface area contributed by atoms with Crippen molar-refractivity contribution in [1.82, 2.24) is 15.1 Å². The van der Waals surface area contributed by atoms with Gasteiger partial charge < -0.3 is 10.4 Å². The third-order valence-corrected chi connectivity index (χ3v) is 4.33. The van der Waals surface area contributed by atoms with E-state index in [0.717, 1.165) is 41.8 Å². The molecule has 1 unspecified atom stereocenters. The van der Waals surface area contributed by atoms with Crippen LogP contribution in [-0.2, 0) is 19.4 Å². The van der Waals surface area contributed by atoms with Gasteiger partial charge >= 0.3 is 0 Å². The van der Waals surface area contributed by atoms with Crippen molar-refractivity contribution in [3.8, 4) is 0 Å². The second kappa shape index (κ2) is 5.08. The van der Waals surface area contributed by atoms with E-state index in [1.807, 2.05) is 4.68 Å². The van der Waals surface area contributed by atoms with E-state index in [9.17, 15) is 5.11 Å². The maximum atomic E-state index is 10.4. The Balaban J connectivity index is 2.27. The quantitative estimate of drug-likeness (QED) is 0.886. The van der Waals surface area contributed by atoms with Crippen LogP contribution in [0.5, 0.6) is 0 Å². The molecular weight excluding hydrogens is 282 g/mol. The second-order valence-electron chi connectivity index (χ2n) is 4.70. The molecule has 2 heterocycles. The molecule has 5 heteroatoms. The van der Waals surface area contributed by atoms with Gasteiger partial charge in [-0.15, -0.1) is 0 Å². The first-order chi connectivity index (χ1) is 8.09. The highest BCUT2D eigenvalue weighted by Crippen LogP contribution is 2.28. The van der Waals surface area contributed by atoms with Gasteiger partial charge in [0.05, 0.1) is 21.5 Å². The zero-order valence-corrected chi connectivity index (χ0v) is 12.0. The first kappa shape index (κ1) is 13.1. The Labute approximate surface area is 111 Å². The maximum absolute atomic E-state index is 10.4. The molecule has 1 aliphatic rings. The lowest BCUT2D eigenvalue weighted by Gasteiger charge is -2.21. The van der Waals surface area contributed by atoms with E-state index in [0.29, 0.717) is 13.0 Å². The standard InChI is InChI=1S/C12H20BrN3O/c1-3-9-11(13)10(16(4-2)15-9)7-12(17)5-6-14-8-12/h14,17H,3-8H2,1-2H3. The summed E-state index contributed by atoms with van der Waals surface area (Å²) in [6.45, 7) is 6.60. The molecule has 0 aromatic carbocycles. The van der Waals surface area contributed by atoms with Crippen molar-refractivity contribution < 1.29 is 5.11 Å². The molecule has 0 aliphatic carbocycles. The summed E-state index contributed by atoms with van der Waals surface area (Å²) in [5.74, 6) is 0. The number of aromatic nitrogens is 2. The first-order valence-corrected chi connectivity index (χ1v) is 7.06.